The first-order valence-electron chi connectivity index (χ1n) is 12.1. The minimum atomic E-state index is -4.76. The molecule has 0 bridgehead atoms. The van der Waals surface area contributed by atoms with E-state index >= 15 is 0 Å². The van der Waals surface area contributed by atoms with Crippen LogP contribution in [0.15, 0.2) is 54.6 Å². The van der Waals surface area contributed by atoms with Gasteiger partial charge < -0.3 is 15.6 Å². The summed E-state index contributed by atoms with van der Waals surface area (Å²) in [6.45, 7) is 2.57. The fraction of sp³-hybridized carbons (Fsp3) is 0.222. The molecule has 8 nitrogen and oxygen atoms in total. The Labute approximate surface area is 226 Å². The number of hydrogen-bond donors (Lipinski definition) is 4. The lowest BCUT2D eigenvalue weighted by atomic mass is 10.1. The zero-order valence-electron chi connectivity index (χ0n) is 20.7. The second kappa shape index (κ2) is 10.3. The molecule has 5 rings (SSSR count). The number of rotatable bonds is 5. The molecule has 39 heavy (non-hydrogen) atoms. The first-order chi connectivity index (χ1) is 18.5. The van der Waals surface area contributed by atoms with Crippen molar-refractivity contribution in [1.82, 2.24) is 15.3 Å². The van der Waals surface area contributed by atoms with Gasteiger partial charge in [0.15, 0.2) is 0 Å². The molecule has 2 amide bonds. The van der Waals surface area contributed by atoms with Crippen LogP contribution in [0.25, 0.3) is 11.0 Å². The number of hydrogen-bond acceptors (Lipinski definition) is 5. The molecule has 5 N–H and O–H groups in total. The Balaban J connectivity index is 1.59. The van der Waals surface area contributed by atoms with Crippen molar-refractivity contribution in [3.05, 3.63) is 87.7 Å². The Morgan fingerprint density at radius 1 is 1.13 bits per heavy atom. The molecule has 1 saturated heterocycles. The van der Waals surface area contributed by atoms with E-state index in [1.165, 1.54) is 24.3 Å². The molecule has 0 spiro atoms. The fourth-order valence-corrected chi connectivity index (χ4v) is 4.79. The largest absolute Gasteiger partial charge is 0.417 e. The van der Waals surface area contributed by atoms with Gasteiger partial charge in [-0.3, -0.25) is 9.59 Å². The van der Waals surface area contributed by atoms with Crippen LogP contribution in [0, 0.1) is 6.92 Å². The molecule has 1 fully saturated rings. The number of aromatic nitrogens is 2. The van der Waals surface area contributed by atoms with Gasteiger partial charge in [-0.1, -0.05) is 29.8 Å². The van der Waals surface area contributed by atoms with E-state index in [2.05, 4.69) is 20.6 Å². The van der Waals surface area contributed by atoms with Gasteiger partial charge in [0.05, 0.1) is 33.9 Å². The molecule has 1 aliphatic heterocycles. The van der Waals surface area contributed by atoms with Crippen LogP contribution in [0.1, 0.15) is 56.6 Å². The number of nitrogens with zero attached hydrogens (tertiary/aromatic N) is 2. The average Bonchev–Trinajstić information content (AvgIpc) is 3.59. The smallest absolute Gasteiger partial charge is 0.341 e. The number of imidazole rings is 1. The Hall–Kier alpha value is -3.93. The number of amides is 2. The lowest BCUT2D eigenvalue weighted by Gasteiger charge is -2.20. The third kappa shape index (κ3) is 5.20. The van der Waals surface area contributed by atoms with Crippen LogP contribution in [0.4, 0.5) is 24.5 Å². The first kappa shape index (κ1) is 26.7. The van der Waals surface area contributed by atoms with Crippen LogP contribution in [0.2, 0.25) is 5.02 Å². The lowest BCUT2D eigenvalue weighted by molar-refractivity contribution is -0.137. The summed E-state index contributed by atoms with van der Waals surface area (Å²) in [6, 6.07) is 12.2. The number of aromatic amines is 1. The summed E-state index contributed by atoms with van der Waals surface area (Å²) in [4.78, 5) is 34.5. The van der Waals surface area contributed by atoms with Crippen LogP contribution < -0.4 is 21.5 Å². The van der Waals surface area contributed by atoms with Gasteiger partial charge >= 0.3 is 6.18 Å². The van der Waals surface area contributed by atoms with Crippen molar-refractivity contribution in [1.29, 1.82) is 0 Å². The van der Waals surface area contributed by atoms with Crippen LogP contribution in [-0.2, 0) is 6.18 Å². The Morgan fingerprint density at radius 3 is 2.62 bits per heavy atom. The maximum Gasteiger partial charge on any atom is 0.417 e. The monoisotopic (exact) mass is 556 g/mol. The van der Waals surface area contributed by atoms with E-state index in [4.69, 9.17) is 17.4 Å². The van der Waals surface area contributed by atoms with Gasteiger partial charge in [-0.2, -0.15) is 13.2 Å². The van der Waals surface area contributed by atoms with Crippen LogP contribution in [0.5, 0.6) is 0 Å². The normalized spacial score (nSPS) is 15.5. The third-order valence-electron chi connectivity index (χ3n) is 6.70. The van der Waals surface area contributed by atoms with Crippen molar-refractivity contribution in [2.75, 3.05) is 16.9 Å². The van der Waals surface area contributed by atoms with Gasteiger partial charge in [0.2, 0.25) is 0 Å². The highest BCUT2D eigenvalue weighted by Crippen LogP contribution is 2.34. The highest BCUT2D eigenvalue weighted by Gasteiger charge is 2.36. The van der Waals surface area contributed by atoms with E-state index in [0.717, 1.165) is 31.5 Å². The quantitative estimate of drug-likeness (QED) is 0.142. The zero-order valence-corrected chi connectivity index (χ0v) is 21.5. The molecule has 0 saturated carbocycles. The number of hydrazine groups is 1. The topological polar surface area (TPSA) is 116 Å². The van der Waals surface area contributed by atoms with E-state index in [9.17, 15) is 22.8 Å². The molecule has 0 unspecified atom stereocenters. The molecule has 202 valence electrons. The maximum absolute atomic E-state index is 13.6. The van der Waals surface area contributed by atoms with Crippen molar-refractivity contribution in [2.24, 2.45) is 5.84 Å². The number of anilines is 2. The third-order valence-corrected chi connectivity index (χ3v) is 7.11. The number of H-pyrrole nitrogens is 1. The number of carbonyl (C=O) groups excluding carboxylic acids is 2. The fourth-order valence-electron chi connectivity index (χ4n) is 4.61. The molecular formula is C27H24ClF3N6O2. The number of nitrogens with two attached hydrogens (primary N) is 1. The minimum absolute atomic E-state index is 0.00650. The standard InChI is InChI=1S/C27H24ClF3N6O2/c1-14-19(28)8-4-9-20(14)35-25(38)17-12-15(13-22-23(17)36-24(34-22)21-10-5-11-33-21)37(32)26(39)16-6-2-3-7-18(16)27(29,30)31/h2-4,6-9,12-13,21,33H,5,10-11,32H2,1H3,(H,34,36)(H,35,38)/t21-/m0/s1. The average molecular weight is 557 g/mol. The van der Waals surface area contributed by atoms with Gasteiger partial charge in [-0.25, -0.2) is 15.8 Å². The van der Waals surface area contributed by atoms with Gasteiger partial charge in [0.25, 0.3) is 11.8 Å². The summed E-state index contributed by atoms with van der Waals surface area (Å²) in [5.41, 5.74) is 0.205. The van der Waals surface area contributed by atoms with Crippen LogP contribution in [-0.4, -0.2) is 28.3 Å². The SMILES string of the molecule is Cc1c(Cl)cccc1NC(=O)c1cc(N(N)C(=O)c2ccccc2C(F)(F)F)cc2[nH]c([C@@H]3CCCN3)nc12. The molecule has 4 aromatic rings. The predicted octanol–water partition coefficient (Wildman–Crippen LogP) is 5.74. The summed E-state index contributed by atoms with van der Waals surface area (Å²) in [5, 5.41) is 7.20. The van der Waals surface area contributed by atoms with E-state index < -0.39 is 29.1 Å². The van der Waals surface area contributed by atoms with Crippen molar-refractivity contribution in [2.45, 2.75) is 32.0 Å². The Bertz CT molecular complexity index is 1580. The van der Waals surface area contributed by atoms with Gasteiger partial charge in [-0.15, -0.1) is 0 Å². The Kier molecular flexibility index (Phi) is 7.06. The molecule has 3 aromatic carbocycles. The molecule has 1 atom stereocenters. The van der Waals surface area contributed by atoms with E-state index in [0.29, 0.717) is 38.1 Å². The van der Waals surface area contributed by atoms with Crippen molar-refractivity contribution >= 4 is 45.8 Å². The van der Waals surface area contributed by atoms with Crippen LogP contribution >= 0.6 is 11.6 Å². The number of fused-ring (bicyclic) bond motifs is 1. The number of nitrogens with one attached hydrogen (secondary N) is 3. The van der Waals surface area contributed by atoms with Crippen molar-refractivity contribution in [3.63, 3.8) is 0 Å². The maximum atomic E-state index is 13.6. The summed E-state index contributed by atoms with van der Waals surface area (Å²) in [7, 11) is 0. The van der Waals surface area contributed by atoms with Crippen molar-refractivity contribution in [3.8, 4) is 0 Å². The highest BCUT2D eigenvalue weighted by atomic mass is 35.5. The van der Waals surface area contributed by atoms with Gasteiger partial charge in [0.1, 0.15) is 11.3 Å². The summed E-state index contributed by atoms with van der Waals surface area (Å²) >= 11 is 6.20. The zero-order chi connectivity index (χ0) is 27.9. The number of alkyl halides is 3. The number of carbonyl (C=O) groups is 2. The van der Waals surface area contributed by atoms with Crippen LogP contribution in [0.3, 0.4) is 0 Å². The van der Waals surface area contributed by atoms with Crippen molar-refractivity contribution < 1.29 is 22.8 Å². The van der Waals surface area contributed by atoms with Gasteiger partial charge in [-0.05, 0) is 68.3 Å². The highest BCUT2D eigenvalue weighted by molar-refractivity contribution is 6.31. The van der Waals surface area contributed by atoms with E-state index in [1.807, 2.05) is 0 Å². The second-order valence-electron chi connectivity index (χ2n) is 9.25. The molecule has 1 aromatic heterocycles. The van der Waals surface area contributed by atoms with E-state index in [1.54, 1.807) is 25.1 Å². The minimum Gasteiger partial charge on any atom is -0.341 e. The van der Waals surface area contributed by atoms with Gasteiger partial charge in [0, 0.05) is 10.7 Å². The molecule has 2 heterocycles. The first-order valence-corrected chi connectivity index (χ1v) is 12.5. The predicted molar refractivity (Wildman–Crippen MR) is 143 cm³/mol. The molecular weight excluding hydrogens is 533 g/mol. The summed E-state index contributed by atoms with van der Waals surface area (Å²) in [5.74, 6) is 5.05. The lowest BCUT2D eigenvalue weighted by Crippen LogP contribution is -2.38. The Morgan fingerprint density at radius 2 is 1.90 bits per heavy atom. The second-order valence-corrected chi connectivity index (χ2v) is 9.65. The summed E-state index contributed by atoms with van der Waals surface area (Å²) < 4.78 is 40.7. The number of benzene rings is 3. The van der Waals surface area contributed by atoms with E-state index in [-0.39, 0.29) is 17.3 Å². The molecule has 0 radical (unpaired) electrons. The molecule has 1 aliphatic rings. The molecule has 0 aliphatic carbocycles. The number of halogens is 4. The molecule has 12 heteroatoms. The summed E-state index contributed by atoms with van der Waals surface area (Å²) in [6.07, 6.45) is -2.97.